The van der Waals surface area contributed by atoms with E-state index < -0.39 is 35.6 Å². The number of fused-ring (bicyclic) bond motifs is 2. The molecule has 0 unspecified atom stereocenters. The molecule has 51 heavy (non-hydrogen) atoms. The standard InChI is InChI=1S/C37H38F3N7O4/c1-35(2,3)51-34(50)43-16-4-5-19-47-32(48)36(37(38,39)40,29-9-6-10-30-28(29)8-7-17-42-30)20-31(45-47)24-11-13-27(14-12-24)44-33(49)46-22-25-15-18-41-21-26(25)23-46/h6-15,17-18,21H,4-5,16,19-20,22-23H2,1-3H3,(H,43,50)(H,44,49)/t36-/m1/s1. The van der Waals surface area contributed by atoms with Gasteiger partial charge in [0, 0.05) is 62.3 Å². The molecule has 2 aliphatic heterocycles. The topological polar surface area (TPSA) is 129 Å². The quantitative estimate of drug-likeness (QED) is 0.192. The molecule has 4 heterocycles. The summed E-state index contributed by atoms with van der Waals surface area (Å²) in [6, 6.07) is 15.4. The van der Waals surface area contributed by atoms with E-state index in [-0.39, 0.29) is 42.2 Å². The Kier molecular flexibility index (Phi) is 9.69. The Morgan fingerprint density at radius 3 is 2.43 bits per heavy atom. The number of urea groups is 1. The summed E-state index contributed by atoms with van der Waals surface area (Å²) >= 11 is 0. The van der Waals surface area contributed by atoms with Crippen LogP contribution in [-0.2, 0) is 28.0 Å². The maximum atomic E-state index is 15.6. The normalized spacial score (nSPS) is 17.6. The Morgan fingerprint density at radius 1 is 0.941 bits per heavy atom. The lowest BCUT2D eigenvalue weighted by molar-refractivity contribution is -0.201. The smallest absolute Gasteiger partial charge is 0.407 e. The highest BCUT2D eigenvalue weighted by Gasteiger charge is 2.65. The summed E-state index contributed by atoms with van der Waals surface area (Å²) in [5, 5.41) is 11.1. The van der Waals surface area contributed by atoms with Gasteiger partial charge in [0.2, 0.25) is 0 Å². The fourth-order valence-corrected chi connectivity index (χ4v) is 6.35. The van der Waals surface area contributed by atoms with Crippen molar-refractivity contribution in [3.63, 3.8) is 0 Å². The Bertz CT molecular complexity index is 1950. The first-order valence-electron chi connectivity index (χ1n) is 16.6. The number of amides is 4. The van der Waals surface area contributed by atoms with Gasteiger partial charge in [0.25, 0.3) is 5.91 Å². The molecule has 0 aliphatic carbocycles. The predicted molar refractivity (Wildman–Crippen MR) is 185 cm³/mol. The molecular weight excluding hydrogens is 663 g/mol. The first-order chi connectivity index (χ1) is 24.2. The van der Waals surface area contributed by atoms with E-state index in [1.165, 1.54) is 24.4 Å². The van der Waals surface area contributed by atoms with Crippen molar-refractivity contribution in [1.29, 1.82) is 0 Å². The zero-order chi connectivity index (χ0) is 36.4. The van der Waals surface area contributed by atoms with Gasteiger partial charge in [0.15, 0.2) is 5.41 Å². The van der Waals surface area contributed by atoms with Gasteiger partial charge < -0.3 is 20.3 Å². The summed E-state index contributed by atoms with van der Waals surface area (Å²) in [5.41, 5.74) is -0.686. The number of unbranched alkanes of at least 4 members (excludes halogenated alkanes) is 1. The highest BCUT2D eigenvalue weighted by molar-refractivity contribution is 6.09. The number of hydrogen-bond acceptors (Lipinski definition) is 7. The zero-order valence-corrected chi connectivity index (χ0v) is 28.5. The number of nitrogens with one attached hydrogen (secondary N) is 2. The van der Waals surface area contributed by atoms with Crippen LogP contribution in [0.25, 0.3) is 10.9 Å². The average Bonchev–Trinajstić information content (AvgIpc) is 3.53. The lowest BCUT2D eigenvalue weighted by Crippen LogP contribution is -2.58. The molecule has 0 saturated carbocycles. The number of hydrazone groups is 1. The second kappa shape index (κ2) is 14.0. The van der Waals surface area contributed by atoms with Gasteiger partial charge in [-0.3, -0.25) is 14.8 Å². The van der Waals surface area contributed by atoms with Crippen LogP contribution < -0.4 is 10.6 Å². The number of benzene rings is 2. The van der Waals surface area contributed by atoms with Crippen LogP contribution in [0.5, 0.6) is 0 Å². The number of halogens is 3. The number of carbonyl (C=O) groups is 3. The fraction of sp³-hybridized carbons (Fsp3) is 0.351. The Hall–Kier alpha value is -5.53. The number of aromatic nitrogens is 2. The SMILES string of the molecule is CC(C)(C)OC(=O)NCCCCN1N=C(c2ccc(NC(=O)N3Cc4ccncc4C3)cc2)C[C@](c2cccc3ncccc23)(C(F)(F)F)C1=O. The molecule has 2 aromatic carbocycles. The molecule has 2 N–H and O–H groups in total. The van der Waals surface area contributed by atoms with E-state index in [9.17, 15) is 14.4 Å². The summed E-state index contributed by atoms with van der Waals surface area (Å²) < 4.78 is 52.0. The van der Waals surface area contributed by atoms with Crippen molar-refractivity contribution in [3.05, 3.63) is 102 Å². The van der Waals surface area contributed by atoms with Gasteiger partial charge in [0.05, 0.1) is 11.2 Å². The van der Waals surface area contributed by atoms with Crippen LogP contribution in [0.15, 0.2) is 84.4 Å². The Labute approximate surface area is 292 Å². The van der Waals surface area contributed by atoms with Crippen molar-refractivity contribution in [2.45, 2.75) is 70.3 Å². The summed E-state index contributed by atoms with van der Waals surface area (Å²) in [5.74, 6) is -1.19. The number of alkyl halides is 3. The minimum Gasteiger partial charge on any atom is -0.444 e. The van der Waals surface area contributed by atoms with E-state index in [0.29, 0.717) is 36.3 Å². The monoisotopic (exact) mass is 701 g/mol. The van der Waals surface area contributed by atoms with E-state index in [1.807, 2.05) is 6.07 Å². The highest BCUT2D eigenvalue weighted by Crippen LogP contribution is 2.50. The van der Waals surface area contributed by atoms with Crippen LogP contribution in [0.1, 0.15) is 62.3 Å². The summed E-state index contributed by atoms with van der Waals surface area (Å²) in [7, 11) is 0. The van der Waals surface area contributed by atoms with Crippen LogP contribution in [0.3, 0.4) is 0 Å². The first kappa shape index (κ1) is 35.3. The van der Waals surface area contributed by atoms with Crippen LogP contribution in [0, 0.1) is 0 Å². The van der Waals surface area contributed by atoms with Gasteiger partial charge in [-0.05, 0) is 86.2 Å². The second-order valence-electron chi connectivity index (χ2n) is 13.6. The largest absolute Gasteiger partial charge is 0.444 e. The Morgan fingerprint density at radius 2 is 1.71 bits per heavy atom. The van der Waals surface area contributed by atoms with Gasteiger partial charge in [0.1, 0.15) is 5.60 Å². The molecule has 6 rings (SSSR count). The number of rotatable bonds is 8. The average molecular weight is 702 g/mol. The molecule has 266 valence electrons. The van der Waals surface area contributed by atoms with Crippen molar-refractivity contribution in [2.75, 3.05) is 18.4 Å². The van der Waals surface area contributed by atoms with Crippen molar-refractivity contribution in [2.24, 2.45) is 5.10 Å². The summed E-state index contributed by atoms with van der Waals surface area (Å²) in [4.78, 5) is 49.2. The molecule has 4 aromatic rings. The van der Waals surface area contributed by atoms with Gasteiger partial charge >= 0.3 is 18.3 Å². The second-order valence-corrected chi connectivity index (χ2v) is 13.6. The number of nitrogens with zero attached hydrogens (tertiary/aromatic N) is 5. The first-order valence-corrected chi connectivity index (χ1v) is 16.6. The molecule has 0 fully saturated rings. The highest BCUT2D eigenvalue weighted by atomic mass is 19.4. The molecule has 2 aliphatic rings. The number of alkyl carbamates (subject to hydrolysis) is 1. The number of hydrogen-bond donors (Lipinski definition) is 2. The minimum atomic E-state index is -5.01. The van der Waals surface area contributed by atoms with Gasteiger partial charge in [-0.25, -0.2) is 14.6 Å². The molecule has 0 radical (unpaired) electrons. The van der Waals surface area contributed by atoms with Crippen molar-refractivity contribution in [3.8, 4) is 0 Å². The molecule has 2 aromatic heterocycles. The molecule has 4 amide bonds. The molecule has 0 spiro atoms. The molecule has 1 atom stereocenters. The minimum absolute atomic E-state index is 0.0556. The van der Waals surface area contributed by atoms with E-state index in [2.05, 4.69) is 25.7 Å². The van der Waals surface area contributed by atoms with Crippen molar-refractivity contribution in [1.82, 2.24) is 25.2 Å². The van der Waals surface area contributed by atoms with E-state index in [4.69, 9.17) is 4.74 Å². The fourth-order valence-electron chi connectivity index (χ4n) is 6.35. The summed E-state index contributed by atoms with van der Waals surface area (Å²) in [6.45, 7) is 6.12. The maximum Gasteiger partial charge on any atom is 0.407 e. The lowest BCUT2D eigenvalue weighted by Gasteiger charge is -2.41. The number of pyridine rings is 2. The molecule has 14 heteroatoms. The van der Waals surface area contributed by atoms with Gasteiger partial charge in [-0.2, -0.15) is 18.3 Å². The molecular formula is C37H38F3N7O4. The van der Waals surface area contributed by atoms with Crippen molar-refractivity contribution >= 4 is 40.3 Å². The zero-order valence-electron chi connectivity index (χ0n) is 28.5. The van der Waals surface area contributed by atoms with E-state index >= 15 is 13.2 Å². The van der Waals surface area contributed by atoms with Crippen LogP contribution in [-0.4, -0.2) is 68.5 Å². The van der Waals surface area contributed by atoms with Gasteiger partial charge in [-0.15, -0.1) is 0 Å². The number of anilines is 1. The third kappa shape index (κ3) is 7.49. The van der Waals surface area contributed by atoms with E-state index in [0.717, 1.165) is 16.1 Å². The van der Waals surface area contributed by atoms with Crippen molar-refractivity contribution < 1.29 is 32.3 Å². The van der Waals surface area contributed by atoms with Crippen LogP contribution >= 0.6 is 0 Å². The van der Waals surface area contributed by atoms with Gasteiger partial charge in [-0.1, -0.05) is 30.3 Å². The Balaban J connectivity index is 1.27. The predicted octanol–water partition coefficient (Wildman–Crippen LogP) is 6.92. The lowest BCUT2D eigenvalue weighted by atomic mass is 9.71. The molecule has 0 saturated heterocycles. The van der Waals surface area contributed by atoms with E-state index in [1.54, 1.807) is 74.5 Å². The molecule has 11 nitrogen and oxygen atoms in total. The van der Waals surface area contributed by atoms with Crippen LogP contribution in [0.2, 0.25) is 0 Å². The maximum absolute atomic E-state index is 15.6. The third-order valence-corrected chi connectivity index (χ3v) is 8.81. The third-order valence-electron chi connectivity index (χ3n) is 8.81. The van der Waals surface area contributed by atoms with Crippen LogP contribution in [0.4, 0.5) is 28.4 Å². The number of carbonyl (C=O) groups excluding carboxylic acids is 3. The molecule has 0 bridgehead atoms. The number of ether oxygens (including phenoxy) is 1. The summed E-state index contributed by atoms with van der Waals surface area (Å²) in [6.07, 6.45) is -0.861.